The molecule has 0 saturated heterocycles. The average molecular weight is 197 g/mol. The smallest absolute Gasteiger partial charge is 0.355 e. The fourth-order valence-corrected chi connectivity index (χ4v) is 0.276. The van der Waals surface area contributed by atoms with E-state index in [1.807, 2.05) is 0 Å². The molecule has 9 heavy (non-hydrogen) atoms. The van der Waals surface area contributed by atoms with Gasteiger partial charge in [-0.15, -0.1) is 0 Å². The highest BCUT2D eigenvalue weighted by atomic mass is 79.9. The molecule has 0 spiro atoms. The lowest BCUT2D eigenvalue weighted by Gasteiger charge is -1.95. The molecule has 5 heteroatoms. The summed E-state index contributed by atoms with van der Waals surface area (Å²) in [4.78, 5) is 20.2. The third-order valence-corrected chi connectivity index (χ3v) is 0.840. The molecule has 0 fully saturated rings. The highest BCUT2D eigenvalue weighted by Gasteiger charge is 2.01. The van der Waals surface area contributed by atoms with Crippen molar-refractivity contribution in [2.45, 2.75) is 6.92 Å². The van der Waals surface area contributed by atoms with E-state index in [1.54, 1.807) is 0 Å². The van der Waals surface area contributed by atoms with Gasteiger partial charge in [-0.3, -0.25) is 4.79 Å². The molecule has 0 aliphatic rings. The summed E-state index contributed by atoms with van der Waals surface area (Å²) in [6, 6.07) is 0. The highest BCUT2D eigenvalue weighted by Crippen LogP contribution is 1.86. The third kappa shape index (κ3) is 5.29. The first-order chi connectivity index (χ1) is 4.16. The molecule has 0 aromatic rings. The van der Waals surface area contributed by atoms with Crippen LogP contribution >= 0.6 is 16.3 Å². The normalized spacial score (nSPS) is 8.22. The summed E-state index contributed by atoms with van der Waals surface area (Å²) in [7, 11) is 0. The molecule has 4 nitrogen and oxygen atoms in total. The summed E-state index contributed by atoms with van der Waals surface area (Å²) in [5.41, 5.74) is 0. The second-order valence-corrected chi connectivity index (χ2v) is 1.55. The van der Waals surface area contributed by atoms with Crippen LogP contribution in [-0.2, 0) is 18.2 Å². The number of ether oxygens (including phenoxy) is 1. The molecule has 0 amide bonds. The van der Waals surface area contributed by atoms with Crippen LogP contribution in [0.3, 0.4) is 0 Å². The van der Waals surface area contributed by atoms with Gasteiger partial charge in [-0.05, 0) is 0 Å². The van der Waals surface area contributed by atoms with Crippen molar-refractivity contribution in [3.05, 3.63) is 0 Å². The predicted octanol–water partition coefficient (Wildman–Crippen LogP) is 0.403. The lowest BCUT2D eigenvalue weighted by atomic mass is 10.7. The monoisotopic (exact) mass is 196 g/mol. The first-order valence-corrected chi connectivity index (χ1v) is 2.76. The van der Waals surface area contributed by atoms with E-state index in [2.05, 4.69) is 24.8 Å². The molecule has 0 bridgehead atoms. The standard InChI is InChI=1S/C4H5BrO4/c1-3(6)8-2-4(7)9-5/h2H2,1H3. The first kappa shape index (κ1) is 8.42. The van der Waals surface area contributed by atoms with Crippen LogP contribution in [-0.4, -0.2) is 18.5 Å². The van der Waals surface area contributed by atoms with Crippen LogP contribution in [0.25, 0.3) is 0 Å². The minimum atomic E-state index is -0.634. The number of hydrogen-bond acceptors (Lipinski definition) is 4. The molecule has 0 saturated carbocycles. The number of carbonyl (C=O) groups excluding carboxylic acids is 2. The van der Waals surface area contributed by atoms with Gasteiger partial charge < -0.3 is 8.57 Å². The van der Waals surface area contributed by atoms with Gasteiger partial charge in [-0.2, -0.15) is 0 Å². The largest absolute Gasteiger partial charge is 0.454 e. The molecule has 0 rings (SSSR count). The fraction of sp³-hybridized carbons (Fsp3) is 0.500. The Bertz CT molecular complexity index is 122. The Kier molecular flexibility index (Phi) is 4.04. The maximum Gasteiger partial charge on any atom is 0.355 e. The number of hydrogen-bond donors (Lipinski definition) is 0. The van der Waals surface area contributed by atoms with Crippen LogP contribution in [0.4, 0.5) is 0 Å². The van der Waals surface area contributed by atoms with Crippen molar-refractivity contribution < 1.29 is 18.2 Å². The van der Waals surface area contributed by atoms with Gasteiger partial charge in [0.15, 0.2) is 22.9 Å². The molecule has 0 atom stereocenters. The van der Waals surface area contributed by atoms with Crippen molar-refractivity contribution in [3.8, 4) is 0 Å². The molecular formula is C4H5BrO4. The summed E-state index contributed by atoms with van der Waals surface area (Å²) < 4.78 is 8.25. The van der Waals surface area contributed by atoms with Crippen LogP contribution in [0.1, 0.15) is 6.92 Å². The Balaban J connectivity index is 3.28. The summed E-state index contributed by atoms with van der Waals surface area (Å²) in [5.74, 6) is -1.14. The van der Waals surface area contributed by atoms with E-state index in [0.717, 1.165) is 0 Å². The van der Waals surface area contributed by atoms with Crippen molar-refractivity contribution >= 4 is 28.2 Å². The predicted molar refractivity (Wildman–Crippen MR) is 31.7 cm³/mol. The van der Waals surface area contributed by atoms with E-state index in [4.69, 9.17) is 0 Å². The van der Waals surface area contributed by atoms with E-state index in [1.165, 1.54) is 6.92 Å². The summed E-state index contributed by atoms with van der Waals surface area (Å²) in [5, 5.41) is 0. The average Bonchev–Trinajstić information content (AvgIpc) is 1.83. The highest BCUT2D eigenvalue weighted by molar-refractivity contribution is 9.06. The summed E-state index contributed by atoms with van der Waals surface area (Å²) in [6.45, 7) is 0.863. The Morgan fingerprint density at radius 1 is 1.56 bits per heavy atom. The van der Waals surface area contributed by atoms with Crippen molar-refractivity contribution in [3.63, 3.8) is 0 Å². The van der Waals surface area contributed by atoms with Gasteiger partial charge in [0.05, 0.1) is 0 Å². The van der Waals surface area contributed by atoms with Gasteiger partial charge >= 0.3 is 11.9 Å². The van der Waals surface area contributed by atoms with E-state index in [-0.39, 0.29) is 6.61 Å². The first-order valence-electron chi connectivity index (χ1n) is 2.11. The van der Waals surface area contributed by atoms with Gasteiger partial charge in [-0.25, -0.2) is 4.79 Å². The SMILES string of the molecule is CC(=O)OCC(=O)OBr. The van der Waals surface area contributed by atoms with Crippen LogP contribution in [0.2, 0.25) is 0 Å². The Hall–Kier alpha value is -0.580. The molecule has 0 aromatic carbocycles. The zero-order chi connectivity index (χ0) is 7.28. The molecule has 0 radical (unpaired) electrons. The van der Waals surface area contributed by atoms with E-state index >= 15 is 0 Å². The molecule has 52 valence electrons. The minimum Gasteiger partial charge on any atom is -0.454 e. The Morgan fingerprint density at radius 3 is 2.44 bits per heavy atom. The van der Waals surface area contributed by atoms with Gasteiger partial charge in [-0.1, -0.05) is 0 Å². The molecular weight excluding hydrogens is 192 g/mol. The number of carbonyl (C=O) groups is 2. The van der Waals surface area contributed by atoms with Crippen LogP contribution in [0.15, 0.2) is 0 Å². The van der Waals surface area contributed by atoms with Crippen molar-refractivity contribution in [1.82, 2.24) is 0 Å². The molecule has 0 unspecified atom stereocenters. The second kappa shape index (κ2) is 4.31. The fourth-order valence-electron chi connectivity index (χ4n) is 0.183. The third-order valence-electron chi connectivity index (χ3n) is 0.479. The van der Waals surface area contributed by atoms with Crippen LogP contribution in [0.5, 0.6) is 0 Å². The van der Waals surface area contributed by atoms with Crippen molar-refractivity contribution in [2.75, 3.05) is 6.61 Å². The maximum absolute atomic E-state index is 10.2. The van der Waals surface area contributed by atoms with Crippen LogP contribution in [0, 0.1) is 0 Å². The molecule has 0 aliphatic carbocycles. The van der Waals surface area contributed by atoms with Crippen molar-refractivity contribution in [1.29, 1.82) is 0 Å². The minimum absolute atomic E-state index is 0.347. The van der Waals surface area contributed by atoms with Gasteiger partial charge in [0, 0.05) is 6.92 Å². The number of rotatable bonds is 2. The van der Waals surface area contributed by atoms with E-state index in [9.17, 15) is 9.59 Å². The Labute approximate surface area is 60.6 Å². The van der Waals surface area contributed by atoms with E-state index in [0.29, 0.717) is 0 Å². The zero-order valence-corrected chi connectivity index (χ0v) is 6.30. The topological polar surface area (TPSA) is 52.6 Å². The zero-order valence-electron chi connectivity index (χ0n) is 4.72. The van der Waals surface area contributed by atoms with Gasteiger partial charge in [0.1, 0.15) is 0 Å². The lowest BCUT2D eigenvalue weighted by Crippen LogP contribution is -2.10. The van der Waals surface area contributed by atoms with Gasteiger partial charge in [0.2, 0.25) is 0 Å². The molecule has 0 N–H and O–H groups in total. The second-order valence-electron chi connectivity index (χ2n) is 1.23. The quantitative estimate of drug-likeness (QED) is 0.601. The van der Waals surface area contributed by atoms with Gasteiger partial charge in [0.25, 0.3) is 0 Å². The number of halogens is 1. The van der Waals surface area contributed by atoms with E-state index < -0.39 is 11.9 Å². The lowest BCUT2D eigenvalue weighted by molar-refractivity contribution is -0.150. The van der Waals surface area contributed by atoms with Crippen molar-refractivity contribution in [2.24, 2.45) is 0 Å². The summed E-state index contributed by atoms with van der Waals surface area (Å²) >= 11 is 2.42. The molecule has 0 aromatic heterocycles. The maximum atomic E-state index is 10.2. The molecule has 0 aliphatic heterocycles. The number of esters is 1. The van der Waals surface area contributed by atoms with Crippen LogP contribution < -0.4 is 0 Å². The molecule has 0 heterocycles. The Morgan fingerprint density at radius 2 is 2.11 bits per heavy atom. The summed E-state index contributed by atoms with van der Waals surface area (Å²) in [6.07, 6.45) is 0.